The molecule has 1 aromatic rings. The maximum Gasteiger partial charge on any atom is 0.159 e. The van der Waals surface area contributed by atoms with Crippen molar-refractivity contribution in [3.63, 3.8) is 0 Å². The molecule has 124 valence electrons. The molecule has 0 aliphatic carbocycles. The van der Waals surface area contributed by atoms with Gasteiger partial charge in [-0.15, -0.1) is 0 Å². The predicted octanol–water partition coefficient (Wildman–Crippen LogP) is 5.37. The van der Waals surface area contributed by atoms with Crippen molar-refractivity contribution in [2.45, 2.75) is 72.7 Å². The summed E-state index contributed by atoms with van der Waals surface area (Å²) in [7, 11) is 0. The molecule has 2 nitrogen and oxygen atoms in total. The number of ether oxygens (including phenoxy) is 1. The first-order chi connectivity index (χ1) is 10.2. The van der Waals surface area contributed by atoms with Crippen molar-refractivity contribution in [2.24, 2.45) is 5.41 Å². The lowest BCUT2D eigenvalue weighted by Gasteiger charge is -2.31. The molecule has 1 atom stereocenters. The number of hydrogen-bond donors (Lipinski definition) is 1. The molecule has 0 spiro atoms. The number of benzene rings is 1. The number of rotatable bonds is 8. The van der Waals surface area contributed by atoms with Crippen LogP contribution in [-0.4, -0.2) is 17.5 Å². The Labute approximate surface area is 136 Å². The zero-order valence-corrected chi connectivity index (χ0v) is 15.0. The summed E-state index contributed by atoms with van der Waals surface area (Å²) in [5.74, 6) is 0.551. The Hall–Kier alpha value is -1.12. The van der Waals surface area contributed by atoms with Crippen molar-refractivity contribution in [1.29, 1.82) is 0 Å². The standard InChI is InChI=1S/C20H32O2/c1-15(2)18-12-9-11-17(14-18)10-7-8-13-20(5,6)19(21)22-16(3)4/h7,9-12,14-16,19,21H,8,13H2,1-6H3/b10-7+. The second-order valence-electron chi connectivity index (χ2n) is 7.29. The van der Waals surface area contributed by atoms with Crippen LogP contribution in [0.1, 0.15) is 71.4 Å². The van der Waals surface area contributed by atoms with Crippen LogP contribution < -0.4 is 0 Å². The molecule has 0 saturated carbocycles. The van der Waals surface area contributed by atoms with Crippen molar-refractivity contribution >= 4 is 6.08 Å². The molecule has 1 unspecified atom stereocenters. The van der Waals surface area contributed by atoms with E-state index in [1.165, 1.54) is 11.1 Å². The lowest BCUT2D eigenvalue weighted by molar-refractivity contribution is -0.186. The van der Waals surface area contributed by atoms with Gasteiger partial charge in [-0.2, -0.15) is 0 Å². The van der Waals surface area contributed by atoms with Gasteiger partial charge in [0.15, 0.2) is 6.29 Å². The molecule has 0 amide bonds. The van der Waals surface area contributed by atoms with Crippen LogP contribution in [0, 0.1) is 5.41 Å². The van der Waals surface area contributed by atoms with Crippen LogP contribution in [0.2, 0.25) is 0 Å². The fraction of sp³-hybridized carbons (Fsp3) is 0.600. The molecular weight excluding hydrogens is 272 g/mol. The fourth-order valence-electron chi connectivity index (χ4n) is 2.26. The van der Waals surface area contributed by atoms with Gasteiger partial charge in [0.05, 0.1) is 6.10 Å². The van der Waals surface area contributed by atoms with Gasteiger partial charge in [-0.05, 0) is 43.7 Å². The predicted molar refractivity (Wildman–Crippen MR) is 94.8 cm³/mol. The van der Waals surface area contributed by atoms with Gasteiger partial charge >= 0.3 is 0 Å². The molecule has 0 bridgehead atoms. The summed E-state index contributed by atoms with van der Waals surface area (Å²) in [5.41, 5.74) is 2.36. The van der Waals surface area contributed by atoms with Gasteiger partial charge in [0.25, 0.3) is 0 Å². The highest BCUT2D eigenvalue weighted by atomic mass is 16.6. The highest BCUT2D eigenvalue weighted by molar-refractivity contribution is 5.50. The number of aliphatic hydroxyl groups excluding tert-OH is 1. The lowest BCUT2D eigenvalue weighted by Crippen LogP contribution is -2.33. The Morgan fingerprint density at radius 1 is 1.18 bits per heavy atom. The minimum atomic E-state index is -0.717. The first-order valence-corrected chi connectivity index (χ1v) is 8.32. The Balaban J connectivity index is 2.54. The Morgan fingerprint density at radius 3 is 2.45 bits per heavy atom. The Bertz CT molecular complexity index is 472. The third kappa shape index (κ3) is 6.33. The zero-order valence-electron chi connectivity index (χ0n) is 15.0. The van der Waals surface area contributed by atoms with E-state index in [0.29, 0.717) is 5.92 Å². The molecule has 1 rings (SSSR count). The Kier molecular flexibility index (Phi) is 7.31. The number of allylic oxidation sites excluding steroid dienone is 1. The van der Waals surface area contributed by atoms with Crippen LogP contribution in [0.3, 0.4) is 0 Å². The van der Waals surface area contributed by atoms with Crippen LogP contribution in [0.15, 0.2) is 30.3 Å². The topological polar surface area (TPSA) is 29.5 Å². The van der Waals surface area contributed by atoms with Gasteiger partial charge in [-0.1, -0.05) is 64.1 Å². The molecule has 1 N–H and O–H groups in total. The minimum absolute atomic E-state index is 0.0450. The maximum absolute atomic E-state index is 10.1. The smallest absolute Gasteiger partial charge is 0.159 e. The van der Waals surface area contributed by atoms with E-state index in [1.807, 2.05) is 27.7 Å². The molecule has 0 saturated heterocycles. The van der Waals surface area contributed by atoms with E-state index in [9.17, 15) is 5.11 Å². The normalized spacial score (nSPS) is 14.2. The van der Waals surface area contributed by atoms with E-state index in [-0.39, 0.29) is 11.5 Å². The molecule has 0 aliphatic heterocycles. The van der Waals surface area contributed by atoms with Gasteiger partial charge in [0, 0.05) is 5.41 Å². The van der Waals surface area contributed by atoms with Gasteiger partial charge < -0.3 is 9.84 Å². The summed E-state index contributed by atoms with van der Waals surface area (Å²) in [4.78, 5) is 0. The van der Waals surface area contributed by atoms with Crippen LogP contribution in [-0.2, 0) is 4.74 Å². The minimum Gasteiger partial charge on any atom is -0.367 e. The molecular formula is C20H32O2. The summed E-state index contributed by atoms with van der Waals surface area (Å²) < 4.78 is 5.50. The fourth-order valence-corrected chi connectivity index (χ4v) is 2.26. The average molecular weight is 304 g/mol. The van der Waals surface area contributed by atoms with Crippen molar-refractivity contribution in [1.82, 2.24) is 0 Å². The largest absolute Gasteiger partial charge is 0.367 e. The third-order valence-corrected chi connectivity index (χ3v) is 3.91. The monoisotopic (exact) mass is 304 g/mol. The average Bonchev–Trinajstić information content (AvgIpc) is 2.43. The van der Waals surface area contributed by atoms with Gasteiger partial charge in [0.2, 0.25) is 0 Å². The molecule has 0 fully saturated rings. The molecule has 0 radical (unpaired) electrons. The summed E-state index contributed by atoms with van der Waals surface area (Å²) in [5, 5.41) is 10.1. The highest BCUT2D eigenvalue weighted by Gasteiger charge is 2.28. The summed E-state index contributed by atoms with van der Waals surface area (Å²) in [6.07, 6.45) is 5.49. The SMILES string of the molecule is CC(C)OC(O)C(C)(C)CC/C=C/c1cccc(C(C)C)c1. The van der Waals surface area contributed by atoms with Crippen molar-refractivity contribution < 1.29 is 9.84 Å². The van der Waals surface area contributed by atoms with Crippen molar-refractivity contribution in [2.75, 3.05) is 0 Å². The maximum atomic E-state index is 10.1. The molecule has 22 heavy (non-hydrogen) atoms. The van der Waals surface area contributed by atoms with Crippen molar-refractivity contribution in [3.8, 4) is 0 Å². The Morgan fingerprint density at radius 2 is 1.86 bits per heavy atom. The second-order valence-corrected chi connectivity index (χ2v) is 7.29. The lowest BCUT2D eigenvalue weighted by atomic mass is 9.86. The quantitative estimate of drug-likeness (QED) is 0.654. The molecule has 0 aromatic heterocycles. The van der Waals surface area contributed by atoms with Gasteiger partial charge in [0.1, 0.15) is 0 Å². The van der Waals surface area contributed by atoms with Crippen LogP contribution in [0.4, 0.5) is 0 Å². The van der Waals surface area contributed by atoms with Crippen molar-refractivity contribution in [3.05, 3.63) is 41.5 Å². The van der Waals surface area contributed by atoms with E-state index in [2.05, 4.69) is 50.3 Å². The van der Waals surface area contributed by atoms with Gasteiger partial charge in [-0.3, -0.25) is 0 Å². The van der Waals surface area contributed by atoms with E-state index in [0.717, 1.165) is 12.8 Å². The first kappa shape index (κ1) is 18.9. The summed E-state index contributed by atoms with van der Waals surface area (Å²) >= 11 is 0. The van der Waals surface area contributed by atoms with E-state index in [1.54, 1.807) is 0 Å². The molecule has 2 heteroatoms. The van der Waals surface area contributed by atoms with Crippen LogP contribution in [0.5, 0.6) is 0 Å². The number of aliphatic hydroxyl groups is 1. The highest BCUT2D eigenvalue weighted by Crippen LogP contribution is 2.29. The first-order valence-electron chi connectivity index (χ1n) is 8.32. The summed E-state index contributed by atoms with van der Waals surface area (Å²) in [6.45, 7) is 12.4. The second kappa shape index (κ2) is 8.50. The van der Waals surface area contributed by atoms with E-state index < -0.39 is 6.29 Å². The van der Waals surface area contributed by atoms with E-state index in [4.69, 9.17) is 4.74 Å². The van der Waals surface area contributed by atoms with E-state index >= 15 is 0 Å². The zero-order chi connectivity index (χ0) is 16.8. The van der Waals surface area contributed by atoms with Crippen LogP contribution in [0.25, 0.3) is 6.08 Å². The number of hydrogen-bond acceptors (Lipinski definition) is 2. The molecule has 1 aromatic carbocycles. The third-order valence-electron chi connectivity index (χ3n) is 3.91. The summed E-state index contributed by atoms with van der Waals surface area (Å²) in [6, 6.07) is 8.65. The van der Waals surface area contributed by atoms with Gasteiger partial charge in [-0.25, -0.2) is 0 Å². The van der Waals surface area contributed by atoms with Crippen LogP contribution >= 0.6 is 0 Å². The molecule has 0 aliphatic rings. The molecule has 0 heterocycles.